The van der Waals surface area contributed by atoms with Gasteiger partial charge in [-0.3, -0.25) is 19.3 Å². The number of aromatic nitrogens is 1. The van der Waals surface area contributed by atoms with Gasteiger partial charge in [0.15, 0.2) is 0 Å². The zero-order valence-electron chi connectivity index (χ0n) is 21.9. The smallest absolute Gasteiger partial charge is 0.326 e. The van der Waals surface area contributed by atoms with Gasteiger partial charge in [0.2, 0.25) is 0 Å². The first-order chi connectivity index (χ1) is 17.9. The van der Waals surface area contributed by atoms with Crippen LogP contribution >= 0.6 is 23.4 Å². The van der Waals surface area contributed by atoms with Crippen LogP contribution in [0.25, 0.3) is 11.8 Å². The molecule has 38 heavy (non-hydrogen) atoms. The number of halogens is 1. The third-order valence-corrected chi connectivity index (χ3v) is 7.06. The molecule has 0 N–H and O–H groups in total. The Kier molecular flexibility index (Phi) is 8.04. The van der Waals surface area contributed by atoms with Gasteiger partial charge < -0.3 is 14.0 Å². The summed E-state index contributed by atoms with van der Waals surface area (Å²) in [7, 11) is 0. The molecule has 0 unspecified atom stereocenters. The predicted octanol–water partition coefficient (Wildman–Crippen LogP) is 6.70. The van der Waals surface area contributed by atoms with Gasteiger partial charge in [-0.1, -0.05) is 29.8 Å². The summed E-state index contributed by atoms with van der Waals surface area (Å²) in [5, 5.41) is 0.172. The van der Waals surface area contributed by atoms with Crippen molar-refractivity contribution >= 4 is 46.6 Å². The van der Waals surface area contributed by atoms with E-state index in [2.05, 4.69) is 4.57 Å². The summed E-state index contributed by atoms with van der Waals surface area (Å²) in [5.74, 6) is -0.413. The van der Waals surface area contributed by atoms with Crippen molar-refractivity contribution in [3.05, 3.63) is 87.0 Å². The zero-order chi connectivity index (χ0) is 27.6. The average molecular weight is 553 g/mol. The number of amides is 2. The van der Waals surface area contributed by atoms with Gasteiger partial charge in [0.25, 0.3) is 11.1 Å². The van der Waals surface area contributed by atoms with Crippen molar-refractivity contribution in [2.24, 2.45) is 0 Å². The molecule has 198 valence electrons. The number of esters is 1. The summed E-state index contributed by atoms with van der Waals surface area (Å²) in [5.41, 5.74) is 3.83. The minimum Gasteiger partial charge on any atom is -0.489 e. The van der Waals surface area contributed by atoms with Crippen LogP contribution in [0.5, 0.6) is 5.75 Å². The Labute approximate surface area is 231 Å². The standard InChI is InChI=1S/C29H29ClN2O5S/c1-18-14-21(15-25-27(34)31(28(35)38-25)16-26(33)37-29(3,4)5)19(2)32(18)22-10-12-23(13-11-22)36-17-20-8-6-7-9-24(20)30/h6-15H,16-17H2,1-5H3. The molecule has 0 atom stereocenters. The van der Waals surface area contributed by atoms with Gasteiger partial charge in [-0.2, -0.15) is 0 Å². The molecular formula is C29H29ClN2O5S. The van der Waals surface area contributed by atoms with Crippen molar-refractivity contribution in [1.29, 1.82) is 0 Å². The predicted molar refractivity (Wildman–Crippen MR) is 150 cm³/mol. The lowest BCUT2D eigenvalue weighted by Crippen LogP contribution is -2.37. The lowest BCUT2D eigenvalue weighted by atomic mass is 10.2. The quantitative estimate of drug-likeness (QED) is 0.239. The molecule has 0 bridgehead atoms. The fraction of sp³-hybridized carbons (Fsp3) is 0.276. The largest absolute Gasteiger partial charge is 0.489 e. The summed E-state index contributed by atoms with van der Waals surface area (Å²) in [6.07, 6.45) is 1.69. The maximum Gasteiger partial charge on any atom is 0.326 e. The highest BCUT2D eigenvalue weighted by Gasteiger charge is 2.37. The fourth-order valence-electron chi connectivity index (χ4n) is 4.08. The van der Waals surface area contributed by atoms with Crippen LogP contribution in [0.15, 0.2) is 59.5 Å². The number of nitrogens with zero attached hydrogens (tertiary/aromatic N) is 2. The topological polar surface area (TPSA) is 77.8 Å². The van der Waals surface area contributed by atoms with E-state index in [0.29, 0.717) is 11.6 Å². The maximum absolute atomic E-state index is 12.9. The molecule has 2 aromatic carbocycles. The monoisotopic (exact) mass is 552 g/mol. The Hall–Kier alpha value is -3.49. The van der Waals surface area contributed by atoms with E-state index >= 15 is 0 Å². The molecule has 1 aromatic heterocycles. The molecule has 7 nitrogen and oxygen atoms in total. The fourth-order valence-corrected chi connectivity index (χ4v) is 5.10. The highest BCUT2D eigenvalue weighted by Crippen LogP contribution is 2.34. The van der Waals surface area contributed by atoms with E-state index in [1.165, 1.54) is 0 Å². The molecule has 1 saturated heterocycles. The Bertz CT molecular complexity index is 1420. The van der Waals surface area contributed by atoms with E-state index < -0.39 is 29.3 Å². The highest BCUT2D eigenvalue weighted by atomic mass is 35.5. The number of rotatable bonds is 7. The summed E-state index contributed by atoms with van der Waals surface area (Å²) < 4.78 is 13.2. The Morgan fingerprint density at radius 3 is 2.39 bits per heavy atom. The second kappa shape index (κ2) is 11.1. The maximum atomic E-state index is 12.9. The molecule has 3 aromatic rings. The minimum absolute atomic E-state index is 0.266. The van der Waals surface area contributed by atoms with Crippen LogP contribution in [0.1, 0.15) is 43.3 Å². The van der Waals surface area contributed by atoms with E-state index in [0.717, 1.165) is 50.6 Å². The van der Waals surface area contributed by atoms with E-state index in [-0.39, 0.29) is 4.91 Å². The van der Waals surface area contributed by atoms with Crippen molar-refractivity contribution in [2.75, 3.05) is 6.54 Å². The molecule has 0 aliphatic carbocycles. The first kappa shape index (κ1) is 27.5. The number of hydrogen-bond donors (Lipinski definition) is 0. The van der Waals surface area contributed by atoms with Crippen molar-refractivity contribution in [1.82, 2.24) is 9.47 Å². The lowest BCUT2D eigenvalue weighted by Gasteiger charge is -2.21. The van der Waals surface area contributed by atoms with Gasteiger partial charge in [-0.05, 0) is 94.4 Å². The number of thioether (sulfide) groups is 1. The molecule has 1 fully saturated rings. The lowest BCUT2D eigenvalue weighted by molar-refractivity contribution is -0.156. The second-order valence-corrected chi connectivity index (χ2v) is 11.3. The number of carbonyl (C=O) groups excluding carboxylic acids is 3. The molecule has 1 aliphatic rings. The number of carbonyl (C=O) groups is 3. The van der Waals surface area contributed by atoms with Gasteiger partial charge in [-0.25, -0.2) is 0 Å². The third-order valence-electron chi connectivity index (χ3n) is 5.78. The van der Waals surface area contributed by atoms with Gasteiger partial charge in [0.05, 0.1) is 4.91 Å². The second-order valence-electron chi connectivity index (χ2n) is 9.89. The molecule has 0 spiro atoms. The summed E-state index contributed by atoms with van der Waals surface area (Å²) >= 11 is 7.03. The first-order valence-corrected chi connectivity index (χ1v) is 13.2. The highest BCUT2D eigenvalue weighted by molar-refractivity contribution is 8.18. The van der Waals surface area contributed by atoms with Crippen LogP contribution in [0.4, 0.5) is 4.79 Å². The first-order valence-electron chi connectivity index (χ1n) is 12.1. The van der Waals surface area contributed by atoms with Crippen LogP contribution in [0.2, 0.25) is 5.02 Å². The van der Waals surface area contributed by atoms with Gasteiger partial charge in [-0.15, -0.1) is 0 Å². The van der Waals surface area contributed by atoms with E-state index in [1.807, 2.05) is 68.4 Å². The number of benzene rings is 2. The van der Waals surface area contributed by atoms with Crippen molar-refractivity contribution in [2.45, 2.75) is 46.8 Å². The third kappa shape index (κ3) is 6.31. The van der Waals surface area contributed by atoms with Crippen molar-refractivity contribution < 1.29 is 23.9 Å². The number of ether oxygens (including phenoxy) is 2. The number of hydrogen-bond acceptors (Lipinski definition) is 6. The molecule has 0 saturated carbocycles. The Balaban J connectivity index is 1.49. The van der Waals surface area contributed by atoms with Crippen molar-refractivity contribution in [3.63, 3.8) is 0 Å². The van der Waals surface area contributed by atoms with E-state index in [1.54, 1.807) is 26.8 Å². The van der Waals surface area contributed by atoms with Gasteiger partial charge in [0, 0.05) is 27.7 Å². The van der Waals surface area contributed by atoms with Crippen LogP contribution in [-0.4, -0.2) is 38.7 Å². The van der Waals surface area contributed by atoms with Crippen molar-refractivity contribution in [3.8, 4) is 11.4 Å². The zero-order valence-corrected chi connectivity index (χ0v) is 23.5. The minimum atomic E-state index is -0.702. The average Bonchev–Trinajstić information content (AvgIpc) is 3.26. The van der Waals surface area contributed by atoms with E-state index in [4.69, 9.17) is 21.1 Å². The number of imide groups is 1. The molecule has 1 aliphatic heterocycles. The van der Waals surface area contributed by atoms with E-state index in [9.17, 15) is 14.4 Å². The molecule has 4 rings (SSSR count). The Morgan fingerprint density at radius 2 is 1.74 bits per heavy atom. The Morgan fingerprint density at radius 1 is 1.05 bits per heavy atom. The molecule has 2 heterocycles. The molecular weight excluding hydrogens is 524 g/mol. The van der Waals surface area contributed by atoms with Crippen LogP contribution in [-0.2, 0) is 20.9 Å². The molecule has 2 amide bonds. The summed E-state index contributed by atoms with van der Waals surface area (Å²) in [6.45, 7) is 9.07. The SMILES string of the molecule is Cc1cc(C=C2SC(=O)N(CC(=O)OC(C)(C)C)C2=O)c(C)n1-c1ccc(OCc2ccccc2Cl)cc1. The van der Waals surface area contributed by atoms with Crippen LogP contribution in [0.3, 0.4) is 0 Å². The molecule has 9 heteroatoms. The normalized spacial score (nSPS) is 14.9. The number of aryl methyl sites for hydroxylation is 1. The van der Waals surface area contributed by atoms with Crippen LogP contribution in [0, 0.1) is 13.8 Å². The summed E-state index contributed by atoms with van der Waals surface area (Å²) in [6, 6.07) is 17.2. The molecule has 0 radical (unpaired) electrons. The van der Waals surface area contributed by atoms with Gasteiger partial charge in [0.1, 0.15) is 24.5 Å². The summed E-state index contributed by atoms with van der Waals surface area (Å²) in [4.78, 5) is 38.7. The van der Waals surface area contributed by atoms with Crippen LogP contribution < -0.4 is 4.74 Å². The van der Waals surface area contributed by atoms with Gasteiger partial charge >= 0.3 is 5.97 Å².